The van der Waals surface area contributed by atoms with Gasteiger partial charge < -0.3 is 10.6 Å². The second-order valence-electron chi connectivity index (χ2n) is 6.45. The Balaban J connectivity index is 1.61. The normalized spacial score (nSPS) is 36.6. The fourth-order valence-electron chi connectivity index (χ4n) is 3.31. The number of amides is 1. The fraction of sp³-hybridized carbons (Fsp3) is 0.933. The van der Waals surface area contributed by atoms with Gasteiger partial charge in [-0.05, 0) is 30.7 Å². The third-order valence-corrected chi connectivity index (χ3v) is 4.84. The van der Waals surface area contributed by atoms with E-state index in [1.54, 1.807) is 0 Å². The van der Waals surface area contributed by atoms with Crippen molar-refractivity contribution < 1.29 is 4.79 Å². The van der Waals surface area contributed by atoms with Gasteiger partial charge in [0.1, 0.15) is 0 Å². The second-order valence-corrected chi connectivity index (χ2v) is 6.45. The van der Waals surface area contributed by atoms with Crippen LogP contribution in [-0.4, -0.2) is 25.5 Å². The lowest BCUT2D eigenvalue weighted by Crippen LogP contribution is -2.35. The summed E-state index contributed by atoms with van der Waals surface area (Å²) in [5.74, 6) is 2.70. The van der Waals surface area contributed by atoms with Crippen molar-refractivity contribution in [3.8, 4) is 0 Å². The van der Waals surface area contributed by atoms with E-state index in [1.807, 2.05) is 0 Å². The van der Waals surface area contributed by atoms with E-state index in [0.29, 0.717) is 5.92 Å². The number of carbonyl (C=O) groups is 1. The zero-order chi connectivity index (χ0) is 13.0. The molecule has 0 aromatic rings. The van der Waals surface area contributed by atoms with Crippen LogP contribution in [0.25, 0.3) is 0 Å². The molecule has 1 amide bonds. The number of carbonyl (C=O) groups excluding carboxylic acids is 1. The van der Waals surface area contributed by atoms with Gasteiger partial charge in [-0.3, -0.25) is 4.79 Å². The summed E-state index contributed by atoms with van der Waals surface area (Å²) in [5, 5.41) is 6.42. The Morgan fingerprint density at radius 3 is 2.50 bits per heavy atom. The minimum absolute atomic E-state index is 0.191. The minimum Gasteiger partial charge on any atom is -0.356 e. The molecule has 3 nitrogen and oxygen atoms in total. The molecule has 1 saturated carbocycles. The Morgan fingerprint density at radius 1 is 1.17 bits per heavy atom. The summed E-state index contributed by atoms with van der Waals surface area (Å²) < 4.78 is 0. The highest BCUT2D eigenvalue weighted by Crippen LogP contribution is 2.30. The van der Waals surface area contributed by atoms with Crippen LogP contribution in [-0.2, 0) is 4.79 Å². The summed E-state index contributed by atoms with van der Waals surface area (Å²) in [7, 11) is 0. The lowest BCUT2D eigenvalue weighted by molar-refractivity contribution is -0.125. The molecule has 2 rings (SSSR count). The van der Waals surface area contributed by atoms with Gasteiger partial charge in [-0.15, -0.1) is 0 Å². The smallest absolute Gasteiger partial charge is 0.224 e. The van der Waals surface area contributed by atoms with Crippen LogP contribution < -0.4 is 10.6 Å². The van der Waals surface area contributed by atoms with Crippen LogP contribution in [0.1, 0.15) is 46.0 Å². The molecule has 2 unspecified atom stereocenters. The Labute approximate surface area is 111 Å². The first-order valence-corrected chi connectivity index (χ1v) is 7.65. The van der Waals surface area contributed by atoms with Crippen LogP contribution in [0.5, 0.6) is 0 Å². The van der Waals surface area contributed by atoms with Crippen molar-refractivity contribution in [3.05, 3.63) is 0 Å². The third kappa shape index (κ3) is 3.71. The van der Waals surface area contributed by atoms with Crippen LogP contribution in [0, 0.1) is 23.7 Å². The maximum Gasteiger partial charge on any atom is 0.224 e. The number of hydrogen-bond donors (Lipinski definition) is 2. The molecule has 0 radical (unpaired) electrons. The molecule has 1 aliphatic heterocycles. The van der Waals surface area contributed by atoms with E-state index in [9.17, 15) is 4.79 Å². The van der Waals surface area contributed by atoms with Crippen molar-refractivity contribution >= 4 is 5.91 Å². The highest BCUT2D eigenvalue weighted by atomic mass is 16.1. The van der Waals surface area contributed by atoms with E-state index in [-0.39, 0.29) is 11.8 Å². The Kier molecular flexibility index (Phi) is 5.04. The minimum atomic E-state index is 0.191. The second kappa shape index (κ2) is 6.55. The van der Waals surface area contributed by atoms with Gasteiger partial charge >= 0.3 is 0 Å². The molecule has 3 heteroatoms. The van der Waals surface area contributed by atoms with Crippen LogP contribution in [0.15, 0.2) is 0 Å². The lowest BCUT2D eigenvalue weighted by Gasteiger charge is -2.26. The third-order valence-electron chi connectivity index (χ3n) is 4.84. The molecular weight excluding hydrogens is 224 g/mol. The van der Waals surface area contributed by atoms with Gasteiger partial charge in [-0.1, -0.05) is 39.5 Å². The standard InChI is InChI=1S/C15H28N2O/c1-11-3-5-13(6-4-11)7-8-17-15(18)14-10-16-9-12(14)2/h11-14,16H,3-10H2,1-2H3,(H,17,18). The summed E-state index contributed by atoms with van der Waals surface area (Å²) in [5.41, 5.74) is 0. The van der Waals surface area contributed by atoms with E-state index in [1.165, 1.54) is 32.1 Å². The monoisotopic (exact) mass is 252 g/mol. The van der Waals surface area contributed by atoms with Gasteiger partial charge in [-0.25, -0.2) is 0 Å². The van der Waals surface area contributed by atoms with E-state index >= 15 is 0 Å². The molecule has 2 atom stereocenters. The average Bonchev–Trinajstić information content (AvgIpc) is 2.78. The Bertz CT molecular complexity index is 272. The van der Waals surface area contributed by atoms with Crippen molar-refractivity contribution in [2.75, 3.05) is 19.6 Å². The van der Waals surface area contributed by atoms with Gasteiger partial charge in [0.2, 0.25) is 5.91 Å². The largest absolute Gasteiger partial charge is 0.356 e. The van der Waals surface area contributed by atoms with Gasteiger partial charge in [0.15, 0.2) is 0 Å². The Hall–Kier alpha value is -0.570. The predicted molar refractivity (Wildman–Crippen MR) is 74.3 cm³/mol. The average molecular weight is 252 g/mol. The highest BCUT2D eigenvalue weighted by molar-refractivity contribution is 5.79. The molecule has 1 aliphatic carbocycles. The van der Waals surface area contributed by atoms with Gasteiger partial charge in [-0.2, -0.15) is 0 Å². The van der Waals surface area contributed by atoms with E-state index in [4.69, 9.17) is 0 Å². The summed E-state index contributed by atoms with van der Waals surface area (Å²) in [6.45, 7) is 7.23. The van der Waals surface area contributed by atoms with Crippen LogP contribution >= 0.6 is 0 Å². The first-order chi connectivity index (χ1) is 8.66. The first kappa shape index (κ1) is 13.9. The number of rotatable bonds is 4. The zero-order valence-corrected chi connectivity index (χ0v) is 11.9. The summed E-state index contributed by atoms with van der Waals surface area (Å²) >= 11 is 0. The molecule has 2 N–H and O–H groups in total. The molecule has 0 aromatic carbocycles. The Morgan fingerprint density at radius 2 is 1.89 bits per heavy atom. The van der Waals surface area contributed by atoms with Crippen LogP contribution in [0.2, 0.25) is 0 Å². The molecule has 0 aromatic heterocycles. The van der Waals surface area contributed by atoms with E-state index in [0.717, 1.165) is 31.5 Å². The molecule has 1 saturated heterocycles. The van der Waals surface area contributed by atoms with Gasteiger partial charge in [0.25, 0.3) is 0 Å². The predicted octanol–water partition coefficient (Wildman–Crippen LogP) is 2.17. The molecular formula is C15H28N2O. The maximum absolute atomic E-state index is 12.0. The van der Waals surface area contributed by atoms with Crippen LogP contribution in [0.4, 0.5) is 0 Å². The number of hydrogen-bond acceptors (Lipinski definition) is 2. The zero-order valence-electron chi connectivity index (χ0n) is 11.9. The summed E-state index contributed by atoms with van der Waals surface area (Å²) in [6, 6.07) is 0. The lowest BCUT2D eigenvalue weighted by atomic mass is 9.81. The molecule has 104 valence electrons. The maximum atomic E-state index is 12.0. The van der Waals surface area contributed by atoms with E-state index < -0.39 is 0 Å². The van der Waals surface area contributed by atoms with Crippen molar-refractivity contribution in [2.24, 2.45) is 23.7 Å². The quantitative estimate of drug-likeness (QED) is 0.805. The highest BCUT2D eigenvalue weighted by Gasteiger charge is 2.29. The first-order valence-electron chi connectivity index (χ1n) is 7.65. The number of nitrogens with one attached hydrogen (secondary N) is 2. The van der Waals surface area contributed by atoms with Gasteiger partial charge in [0, 0.05) is 13.1 Å². The van der Waals surface area contributed by atoms with Crippen molar-refractivity contribution in [3.63, 3.8) is 0 Å². The van der Waals surface area contributed by atoms with Crippen LogP contribution in [0.3, 0.4) is 0 Å². The molecule has 1 heterocycles. The SMILES string of the molecule is CC1CCC(CCNC(=O)C2CNCC2C)CC1. The molecule has 18 heavy (non-hydrogen) atoms. The van der Waals surface area contributed by atoms with Crippen molar-refractivity contribution in [1.29, 1.82) is 0 Å². The topological polar surface area (TPSA) is 41.1 Å². The molecule has 2 aliphatic rings. The van der Waals surface area contributed by atoms with Gasteiger partial charge in [0.05, 0.1) is 5.92 Å². The van der Waals surface area contributed by atoms with Crippen molar-refractivity contribution in [1.82, 2.24) is 10.6 Å². The molecule has 2 fully saturated rings. The van der Waals surface area contributed by atoms with Crippen molar-refractivity contribution in [2.45, 2.75) is 46.0 Å². The van der Waals surface area contributed by atoms with E-state index in [2.05, 4.69) is 24.5 Å². The molecule has 0 bridgehead atoms. The summed E-state index contributed by atoms with van der Waals surface area (Å²) in [4.78, 5) is 12.0. The molecule has 0 spiro atoms. The fourth-order valence-corrected chi connectivity index (χ4v) is 3.31. The summed E-state index contributed by atoms with van der Waals surface area (Å²) in [6.07, 6.45) is 6.65.